The number of hydrogen-bond acceptors (Lipinski definition) is 5. The van der Waals surface area contributed by atoms with Gasteiger partial charge in [0, 0.05) is 0 Å². The maximum absolute atomic E-state index is 13.9. The van der Waals surface area contributed by atoms with Crippen LogP contribution in [0, 0.1) is 5.82 Å². The van der Waals surface area contributed by atoms with E-state index in [9.17, 15) is 12.8 Å². The molecule has 110 valence electrons. The van der Waals surface area contributed by atoms with E-state index >= 15 is 0 Å². The molecular weight excluding hydrogens is 286 g/mol. The van der Waals surface area contributed by atoms with Crippen LogP contribution in [0.25, 0.3) is 0 Å². The van der Waals surface area contributed by atoms with Crippen molar-refractivity contribution in [2.45, 2.75) is 43.9 Å². The molecule has 1 fully saturated rings. The monoisotopic (exact) mass is 302 g/mol. The van der Waals surface area contributed by atoms with Crippen molar-refractivity contribution < 1.29 is 22.1 Å². The molecule has 0 unspecified atom stereocenters. The van der Waals surface area contributed by atoms with Crippen LogP contribution in [0.15, 0.2) is 17.2 Å². The molecule has 1 saturated heterocycles. The molecule has 1 aliphatic rings. The Balaban J connectivity index is 2.45. The highest BCUT2D eigenvalue weighted by Crippen LogP contribution is 2.36. The molecule has 9 heteroatoms. The molecule has 0 amide bonds. The molecule has 1 aromatic heterocycles. The molecule has 0 atom stereocenters. The van der Waals surface area contributed by atoms with Crippen LogP contribution < -0.4 is 10.7 Å². The van der Waals surface area contributed by atoms with E-state index in [-0.39, 0.29) is 5.59 Å². The molecule has 0 bridgehead atoms. The maximum atomic E-state index is 13.9. The van der Waals surface area contributed by atoms with Gasteiger partial charge in [0.25, 0.3) is 10.0 Å². The molecule has 20 heavy (non-hydrogen) atoms. The second kappa shape index (κ2) is 4.49. The minimum absolute atomic E-state index is 0.227. The van der Waals surface area contributed by atoms with Gasteiger partial charge in [-0.05, 0) is 39.8 Å². The standard InChI is InChI=1S/C11H16BFN2O4S/c1-10(2)11(3,4)19-12(18-10)9-7(13)5-6-8(15-9)20(14,16)17/h5-6H,1-4H3,(H2,14,16,17). The van der Waals surface area contributed by atoms with Crippen molar-refractivity contribution in [3.63, 3.8) is 0 Å². The third kappa shape index (κ3) is 2.58. The minimum atomic E-state index is -4.02. The van der Waals surface area contributed by atoms with E-state index in [1.165, 1.54) is 0 Å². The van der Waals surface area contributed by atoms with Gasteiger partial charge in [0.15, 0.2) is 5.03 Å². The SMILES string of the molecule is CC1(C)OB(c2nc(S(N)(=O)=O)ccc2F)OC1(C)C. The van der Waals surface area contributed by atoms with Gasteiger partial charge >= 0.3 is 7.12 Å². The fourth-order valence-electron chi connectivity index (χ4n) is 1.72. The molecule has 2 rings (SSSR count). The van der Waals surface area contributed by atoms with Crippen molar-refractivity contribution in [2.75, 3.05) is 0 Å². The summed E-state index contributed by atoms with van der Waals surface area (Å²) >= 11 is 0. The first kappa shape index (κ1) is 15.4. The average Bonchev–Trinajstić information content (AvgIpc) is 2.46. The second-order valence-electron chi connectivity index (χ2n) is 5.65. The second-order valence-corrected chi connectivity index (χ2v) is 7.16. The summed E-state index contributed by atoms with van der Waals surface area (Å²) in [6.45, 7) is 7.20. The summed E-state index contributed by atoms with van der Waals surface area (Å²) in [5.74, 6) is -0.712. The Labute approximate surface area is 117 Å². The first-order valence-corrected chi connectivity index (χ1v) is 7.53. The Morgan fingerprint density at radius 3 is 2.15 bits per heavy atom. The van der Waals surface area contributed by atoms with E-state index in [2.05, 4.69) is 4.98 Å². The molecule has 2 N–H and O–H groups in total. The normalized spacial score (nSPS) is 21.2. The van der Waals surface area contributed by atoms with E-state index in [0.29, 0.717) is 0 Å². The molecule has 1 aliphatic heterocycles. The molecule has 0 aromatic carbocycles. The fourth-order valence-corrected chi connectivity index (χ4v) is 2.20. The largest absolute Gasteiger partial charge is 0.517 e. The Kier molecular flexibility index (Phi) is 3.45. The highest BCUT2D eigenvalue weighted by molar-refractivity contribution is 7.89. The highest BCUT2D eigenvalue weighted by Gasteiger charge is 2.53. The Morgan fingerprint density at radius 1 is 1.20 bits per heavy atom. The van der Waals surface area contributed by atoms with E-state index in [4.69, 9.17) is 14.4 Å². The Morgan fingerprint density at radius 2 is 1.70 bits per heavy atom. The fraction of sp³-hybridized carbons (Fsp3) is 0.545. The number of hydrogen-bond donors (Lipinski definition) is 1. The average molecular weight is 302 g/mol. The lowest BCUT2D eigenvalue weighted by Crippen LogP contribution is -2.41. The van der Waals surface area contributed by atoms with Gasteiger partial charge in [0.05, 0.1) is 11.2 Å². The van der Waals surface area contributed by atoms with E-state index < -0.39 is 39.2 Å². The zero-order chi connectivity index (χ0) is 15.3. The quantitative estimate of drug-likeness (QED) is 0.786. The van der Waals surface area contributed by atoms with Crippen LogP contribution >= 0.6 is 0 Å². The predicted octanol–water partition coefficient (Wildman–Crippen LogP) is 0.167. The topological polar surface area (TPSA) is 91.5 Å². The summed E-state index contributed by atoms with van der Waals surface area (Å²) in [7, 11) is -5.10. The number of pyridine rings is 1. The maximum Gasteiger partial charge on any atom is 0.517 e. The van der Waals surface area contributed by atoms with Gasteiger partial charge < -0.3 is 9.31 Å². The van der Waals surface area contributed by atoms with Crippen LogP contribution in [0.2, 0.25) is 0 Å². The van der Waals surface area contributed by atoms with Crippen LogP contribution in [0.4, 0.5) is 4.39 Å². The first-order chi connectivity index (χ1) is 8.94. The third-order valence-electron chi connectivity index (χ3n) is 3.62. The van der Waals surface area contributed by atoms with Crippen LogP contribution in [0.3, 0.4) is 0 Å². The minimum Gasteiger partial charge on any atom is -0.398 e. The molecule has 0 aliphatic carbocycles. The zero-order valence-electron chi connectivity index (χ0n) is 11.7. The lowest BCUT2D eigenvalue weighted by atomic mass is 9.84. The summed E-state index contributed by atoms with van der Waals surface area (Å²) < 4.78 is 47.7. The van der Waals surface area contributed by atoms with Gasteiger partial charge in [0.2, 0.25) is 0 Å². The number of nitrogens with two attached hydrogens (primary N) is 1. The summed E-state index contributed by atoms with van der Waals surface area (Å²) in [5.41, 5.74) is -1.58. The Bertz CT molecular complexity index is 632. The van der Waals surface area contributed by atoms with Crippen molar-refractivity contribution in [3.05, 3.63) is 17.9 Å². The van der Waals surface area contributed by atoms with Gasteiger partial charge in [-0.25, -0.2) is 22.9 Å². The molecule has 6 nitrogen and oxygen atoms in total. The number of aromatic nitrogens is 1. The number of rotatable bonds is 2. The number of nitrogens with zero attached hydrogens (tertiary/aromatic N) is 1. The summed E-state index contributed by atoms with van der Waals surface area (Å²) in [5, 5.41) is 4.56. The highest BCUT2D eigenvalue weighted by atomic mass is 32.2. The lowest BCUT2D eigenvalue weighted by Gasteiger charge is -2.32. The van der Waals surface area contributed by atoms with Crippen molar-refractivity contribution in [1.29, 1.82) is 0 Å². The zero-order valence-corrected chi connectivity index (χ0v) is 12.5. The number of halogens is 1. The van der Waals surface area contributed by atoms with Gasteiger partial charge in [-0.15, -0.1) is 0 Å². The van der Waals surface area contributed by atoms with Gasteiger partial charge in [-0.3, -0.25) is 0 Å². The van der Waals surface area contributed by atoms with Crippen molar-refractivity contribution >= 4 is 22.7 Å². The molecular formula is C11H16BFN2O4S. The van der Waals surface area contributed by atoms with Crippen molar-refractivity contribution in [3.8, 4) is 0 Å². The lowest BCUT2D eigenvalue weighted by molar-refractivity contribution is 0.00578. The van der Waals surface area contributed by atoms with Gasteiger partial charge in [-0.2, -0.15) is 0 Å². The molecule has 2 heterocycles. The number of sulfonamides is 1. The summed E-state index contributed by atoms with van der Waals surface area (Å²) in [6.07, 6.45) is 0. The first-order valence-electron chi connectivity index (χ1n) is 5.99. The molecule has 0 spiro atoms. The summed E-state index contributed by atoms with van der Waals surface area (Å²) in [6, 6.07) is 1.98. The van der Waals surface area contributed by atoms with Gasteiger partial charge in [-0.1, -0.05) is 0 Å². The van der Waals surface area contributed by atoms with Crippen LogP contribution in [0.1, 0.15) is 27.7 Å². The smallest absolute Gasteiger partial charge is 0.398 e. The van der Waals surface area contributed by atoms with E-state index in [1.54, 1.807) is 27.7 Å². The molecule has 1 aromatic rings. The third-order valence-corrected chi connectivity index (χ3v) is 4.43. The Hall–Kier alpha value is -1.03. The molecule has 0 radical (unpaired) electrons. The van der Waals surface area contributed by atoms with Crippen LogP contribution in [-0.4, -0.2) is 31.7 Å². The molecule has 0 saturated carbocycles. The van der Waals surface area contributed by atoms with Gasteiger partial charge in [0.1, 0.15) is 11.4 Å². The summed E-state index contributed by atoms with van der Waals surface area (Å²) in [4.78, 5) is 3.72. The van der Waals surface area contributed by atoms with E-state index in [1.807, 2.05) is 0 Å². The van der Waals surface area contributed by atoms with Crippen molar-refractivity contribution in [1.82, 2.24) is 4.98 Å². The predicted molar refractivity (Wildman–Crippen MR) is 71.3 cm³/mol. The van der Waals surface area contributed by atoms with Crippen LogP contribution in [-0.2, 0) is 19.3 Å². The van der Waals surface area contributed by atoms with E-state index in [0.717, 1.165) is 12.1 Å². The van der Waals surface area contributed by atoms with Crippen LogP contribution in [0.5, 0.6) is 0 Å². The van der Waals surface area contributed by atoms with Crippen molar-refractivity contribution in [2.24, 2.45) is 5.14 Å². The number of primary sulfonamides is 1.